The van der Waals surface area contributed by atoms with E-state index in [0.717, 1.165) is 88.0 Å². The monoisotopic (exact) mass is 454 g/mol. The molecule has 1 amide bonds. The first kappa shape index (κ1) is 22.7. The molecular weight excluding hydrogens is 416 g/mol. The number of hydrogen-bond donors (Lipinski definition) is 0. The Labute approximate surface area is 197 Å². The summed E-state index contributed by atoms with van der Waals surface area (Å²) < 4.78 is 7.63. The summed E-state index contributed by atoms with van der Waals surface area (Å²) in [4.78, 5) is 26.2. The van der Waals surface area contributed by atoms with Crippen LogP contribution < -0.4 is 4.84 Å². The highest BCUT2D eigenvalue weighted by Gasteiger charge is 2.31. The molecule has 1 aromatic heterocycles. The van der Waals surface area contributed by atoms with Gasteiger partial charge >= 0.3 is 0 Å². The predicted molar refractivity (Wildman–Crippen MR) is 129 cm³/mol. The van der Waals surface area contributed by atoms with E-state index in [-0.39, 0.29) is 5.91 Å². The van der Waals surface area contributed by atoms with Crippen LogP contribution in [0.4, 0.5) is 0 Å². The van der Waals surface area contributed by atoms with Crippen molar-refractivity contribution in [2.75, 3.05) is 53.7 Å². The molecule has 0 unspecified atom stereocenters. The van der Waals surface area contributed by atoms with Crippen molar-refractivity contribution in [3.63, 3.8) is 0 Å². The van der Waals surface area contributed by atoms with Crippen molar-refractivity contribution in [2.24, 2.45) is 5.92 Å². The summed E-state index contributed by atoms with van der Waals surface area (Å²) in [5, 5.41) is 1.16. The molecule has 3 aliphatic rings. The predicted octanol–water partition coefficient (Wildman–Crippen LogP) is 3.00. The summed E-state index contributed by atoms with van der Waals surface area (Å²) in [5.74, 6) is 0.874. The van der Waals surface area contributed by atoms with Gasteiger partial charge in [-0.05, 0) is 69.5 Å². The molecular formula is C26H38N4O3. The van der Waals surface area contributed by atoms with Crippen LogP contribution in [0.25, 0.3) is 10.9 Å². The maximum Gasteiger partial charge on any atom is 0.253 e. The molecule has 0 spiro atoms. The number of carbonyl (C=O) groups is 1. The van der Waals surface area contributed by atoms with Crippen molar-refractivity contribution in [3.8, 4) is 0 Å². The fourth-order valence-corrected chi connectivity index (χ4v) is 5.55. The van der Waals surface area contributed by atoms with Crippen molar-refractivity contribution in [1.82, 2.24) is 19.4 Å². The second kappa shape index (κ2) is 9.65. The summed E-state index contributed by atoms with van der Waals surface area (Å²) in [6.07, 6.45) is 5.35. The molecule has 7 nitrogen and oxygen atoms in total. The zero-order chi connectivity index (χ0) is 22.9. The maximum absolute atomic E-state index is 13.3. The Morgan fingerprint density at radius 2 is 1.88 bits per heavy atom. The number of fused-ring (bicyclic) bond motifs is 3. The van der Waals surface area contributed by atoms with Crippen LogP contribution in [-0.4, -0.2) is 85.1 Å². The second-order valence-electron chi connectivity index (χ2n) is 10.3. The molecule has 4 heterocycles. The Kier molecular flexibility index (Phi) is 6.63. The van der Waals surface area contributed by atoms with Crippen LogP contribution in [0.1, 0.15) is 54.2 Å². The zero-order valence-electron chi connectivity index (χ0n) is 20.4. The summed E-state index contributed by atoms with van der Waals surface area (Å²) in [7, 11) is 4.03. The summed E-state index contributed by atoms with van der Waals surface area (Å²) >= 11 is 0. The Balaban J connectivity index is 1.48. The minimum atomic E-state index is 0.164. The number of likely N-dealkylation sites (tertiary alicyclic amines) is 1. The number of benzene rings is 1. The molecule has 180 valence electrons. The number of ether oxygens (including phenoxy) is 1. The number of nitrogens with zero attached hydrogens (tertiary/aromatic N) is 4. The SMILES string of the molecule is CC1CCN(C(=O)c2ccc3c(c2)c2c(n3OCN(C)C)CCN(C3CCOCC3)C2)CC1. The second-order valence-corrected chi connectivity index (χ2v) is 10.3. The lowest BCUT2D eigenvalue weighted by Gasteiger charge is -2.37. The fourth-order valence-electron chi connectivity index (χ4n) is 5.55. The summed E-state index contributed by atoms with van der Waals surface area (Å²) in [5.41, 5.74) is 4.45. The van der Waals surface area contributed by atoms with Gasteiger partial charge in [0.2, 0.25) is 0 Å². The maximum atomic E-state index is 13.3. The van der Waals surface area contributed by atoms with E-state index in [9.17, 15) is 4.79 Å². The Morgan fingerprint density at radius 1 is 1.12 bits per heavy atom. The van der Waals surface area contributed by atoms with E-state index in [1.807, 2.05) is 34.7 Å². The van der Waals surface area contributed by atoms with Crippen LogP contribution in [0, 0.1) is 5.92 Å². The van der Waals surface area contributed by atoms with Gasteiger partial charge in [-0.2, -0.15) is 4.73 Å². The zero-order valence-corrected chi connectivity index (χ0v) is 20.4. The van der Waals surface area contributed by atoms with E-state index in [1.165, 1.54) is 11.3 Å². The topological polar surface area (TPSA) is 50.2 Å². The molecule has 2 saturated heterocycles. The smallest absolute Gasteiger partial charge is 0.253 e. The first-order valence-electron chi connectivity index (χ1n) is 12.6. The van der Waals surface area contributed by atoms with Gasteiger partial charge in [0.15, 0.2) is 6.73 Å². The Bertz CT molecular complexity index is 987. The number of aromatic nitrogens is 1. The van der Waals surface area contributed by atoms with Gasteiger partial charge in [-0.25, -0.2) is 0 Å². The van der Waals surface area contributed by atoms with Crippen LogP contribution in [0.15, 0.2) is 18.2 Å². The molecule has 2 aromatic rings. The highest BCUT2D eigenvalue weighted by Crippen LogP contribution is 2.33. The van der Waals surface area contributed by atoms with Gasteiger partial charge in [0.25, 0.3) is 5.91 Å². The van der Waals surface area contributed by atoms with Gasteiger partial charge in [0.05, 0.1) is 11.2 Å². The fraction of sp³-hybridized carbons (Fsp3) is 0.654. The first-order valence-corrected chi connectivity index (χ1v) is 12.6. The van der Waals surface area contributed by atoms with Gasteiger partial charge in [-0.1, -0.05) is 6.92 Å². The van der Waals surface area contributed by atoms with Crippen molar-refractivity contribution < 1.29 is 14.4 Å². The van der Waals surface area contributed by atoms with E-state index >= 15 is 0 Å². The minimum absolute atomic E-state index is 0.164. The van der Waals surface area contributed by atoms with E-state index in [0.29, 0.717) is 18.7 Å². The molecule has 2 fully saturated rings. The number of amides is 1. The minimum Gasteiger partial charge on any atom is -0.398 e. The lowest BCUT2D eigenvalue weighted by molar-refractivity contribution is 0.0226. The van der Waals surface area contributed by atoms with Crippen molar-refractivity contribution in [3.05, 3.63) is 35.0 Å². The third-order valence-electron chi connectivity index (χ3n) is 7.60. The van der Waals surface area contributed by atoms with Crippen LogP contribution in [-0.2, 0) is 17.7 Å². The summed E-state index contributed by atoms with van der Waals surface area (Å²) in [6.45, 7) is 8.18. The number of piperidine rings is 1. The van der Waals surface area contributed by atoms with Crippen molar-refractivity contribution >= 4 is 16.8 Å². The number of rotatable bonds is 5. The molecule has 0 bridgehead atoms. The third-order valence-corrected chi connectivity index (χ3v) is 7.60. The molecule has 5 rings (SSSR count). The number of hydrogen-bond acceptors (Lipinski definition) is 5. The lowest BCUT2D eigenvalue weighted by Crippen LogP contribution is -2.42. The highest BCUT2D eigenvalue weighted by molar-refractivity contribution is 5.99. The van der Waals surface area contributed by atoms with Gasteiger partial charge in [-0.3, -0.25) is 14.6 Å². The molecule has 0 aliphatic carbocycles. The van der Waals surface area contributed by atoms with Gasteiger partial charge < -0.3 is 14.5 Å². The molecule has 0 N–H and O–H groups in total. The molecule has 3 aliphatic heterocycles. The Hall–Kier alpha value is -2.09. The molecule has 0 saturated carbocycles. The van der Waals surface area contributed by atoms with Crippen LogP contribution >= 0.6 is 0 Å². The molecule has 7 heteroatoms. The normalized spacial score (nSPS) is 21.0. The lowest BCUT2D eigenvalue weighted by atomic mass is 9.97. The van der Waals surface area contributed by atoms with Crippen molar-refractivity contribution in [2.45, 2.75) is 51.6 Å². The van der Waals surface area contributed by atoms with E-state index in [1.54, 1.807) is 0 Å². The van der Waals surface area contributed by atoms with Gasteiger partial charge in [0, 0.05) is 62.8 Å². The Morgan fingerprint density at radius 3 is 2.61 bits per heavy atom. The van der Waals surface area contributed by atoms with Crippen molar-refractivity contribution in [1.29, 1.82) is 0 Å². The molecule has 1 aromatic carbocycles. The molecule has 33 heavy (non-hydrogen) atoms. The van der Waals surface area contributed by atoms with Gasteiger partial charge in [-0.15, -0.1) is 0 Å². The number of carbonyl (C=O) groups excluding carboxylic acids is 1. The van der Waals surface area contributed by atoms with E-state index in [4.69, 9.17) is 9.57 Å². The van der Waals surface area contributed by atoms with Crippen LogP contribution in [0.3, 0.4) is 0 Å². The third kappa shape index (κ3) is 4.63. The van der Waals surface area contributed by atoms with E-state index < -0.39 is 0 Å². The summed E-state index contributed by atoms with van der Waals surface area (Å²) in [6, 6.07) is 6.77. The average Bonchev–Trinajstić information content (AvgIpc) is 3.15. The highest BCUT2D eigenvalue weighted by atomic mass is 16.7. The molecule has 0 atom stereocenters. The van der Waals surface area contributed by atoms with Crippen LogP contribution in [0.2, 0.25) is 0 Å². The average molecular weight is 455 g/mol. The first-order chi connectivity index (χ1) is 16.0. The molecule has 0 radical (unpaired) electrons. The standard InChI is InChI=1S/C26H38N4O3/c1-19-6-11-28(12-7-19)26(31)20-4-5-24-22(16-20)23-17-29(21-9-14-32-15-10-21)13-8-25(23)30(24)33-18-27(2)3/h4-5,16,19,21H,6-15,17-18H2,1-3H3. The van der Waals surface area contributed by atoms with Gasteiger partial charge in [0.1, 0.15) is 0 Å². The largest absolute Gasteiger partial charge is 0.398 e. The van der Waals surface area contributed by atoms with Crippen LogP contribution in [0.5, 0.6) is 0 Å². The van der Waals surface area contributed by atoms with E-state index in [2.05, 4.69) is 24.0 Å². The quantitative estimate of drug-likeness (QED) is 0.650.